The van der Waals surface area contributed by atoms with Gasteiger partial charge in [0.05, 0.1) is 18.7 Å². The Bertz CT molecular complexity index is 603. The van der Waals surface area contributed by atoms with Crippen molar-refractivity contribution in [1.82, 2.24) is 0 Å². The number of ether oxygens (including phenoxy) is 2. The highest BCUT2D eigenvalue weighted by atomic mass is 79.9. The zero-order valence-corrected chi connectivity index (χ0v) is 12.0. The molecule has 0 atom stereocenters. The Hall–Kier alpha value is -1.99. The van der Waals surface area contributed by atoms with Crippen LogP contribution >= 0.6 is 15.9 Å². The zero-order chi connectivity index (χ0) is 13.7. The van der Waals surface area contributed by atoms with Gasteiger partial charge < -0.3 is 9.47 Å². The third kappa shape index (κ3) is 3.49. The Morgan fingerprint density at radius 3 is 2.53 bits per heavy atom. The Labute approximate surface area is 120 Å². The number of methoxy groups -OCH3 is 1. The lowest BCUT2D eigenvalue weighted by Crippen LogP contribution is -1.98. The quantitative estimate of drug-likeness (QED) is 0.858. The van der Waals surface area contributed by atoms with Gasteiger partial charge in [-0.3, -0.25) is 0 Å². The molecule has 2 aromatic carbocycles. The minimum atomic E-state index is 0.411. The second-order valence-corrected chi connectivity index (χ2v) is 4.80. The van der Waals surface area contributed by atoms with Crippen LogP contribution in [-0.2, 0) is 6.61 Å². The van der Waals surface area contributed by atoms with Crippen molar-refractivity contribution in [2.75, 3.05) is 7.11 Å². The van der Waals surface area contributed by atoms with E-state index in [1.54, 1.807) is 31.4 Å². The van der Waals surface area contributed by atoms with Gasteiger partial charge in [-0.15, -0.1) is 0 Å². The maximum atomic E-state index is 8.72. The molecule has 4 heteroatoms. The highest BCUT2D eigenvalue weighted by Crippen LogP contribution is 2.24. The summed E-state index contributed by atoms with van der Waals surface area (Å²) >= 11 is 3.42. The van der Waals surface area contributed by atoms with Crippen LogP contribution in [0.3, 0.4) is 0 Å². The summed E-state index contributed by atoms with van der Waals surface area (Å²) in [6.07, 6.45) is 0. The molecule has 0 fully saturated rings. The minimum absolute atomic E-state index is 0.411. The molecule has 0 heterocycles. The molecule has 0 N–H and O–H groups in total. The first kappa shape index (κ1) is 13.4. The third-order valence-corrected chi connectivity index (χ3v) is 3.11. The minimum Gasteiger partial charge on any atom is -0.496 e. The Balaban J connectivity index is 2.09. The molecule has 0 spiro atoms. The van der Waals surface area contributed by atoms with Crippen molar-refractivity contribution in [3.05, 3.63) is 58.1 Å². The molecule has 0 aliphatic heterocycles. The fraction of sp³-hybridized carbons (Fsp3) is 0.133. The average molecular weight is 318 g/mol. The van der Waals surface area contributed by atoms with E-state index in [1.165, 1.54) is 0 Å². The van der Waals surface area contributed by atoms with Crippen molar-refractivity contribution in [3.63, 3.8) is 0 Å². The second kappa shape index (κ2) is 6.26. The Morgan fingerprint density at radius 2 is 1.89 bits per heavy atom. The van der Waals surface area contributed by atoms with Crippen molar-refractivity contribution < 1.29 is 9.47 Å². The molecule has 2 aromatic rings. The number of hydrogen-bond donors (Lipinski definition) is 0. The number of nitrogens with zero attached hydrogens (tertiary/aromatic N) is 1. The van der Waals surface area contributed by atoms with Crippen molar-refractivity contribution in [3.8, 4) is 17.6 Å². The van der Waals surface area contributed by atoms with E-state index in [0.717, 1.165) is 21.5 Å². The molecule has 0 amide bonds. The van der Waals surface area contributed by atoms with Gasteiger partial charge in [-0.2, -0.15) is 5.26 Å². The van der Waals surface area contributed by atoms with Gasteiger partial charge in [-0.25, -0.2) is 0 Å². The van der Waals surface area contributed by atoms with Crippen molar-refractivity contribution in [2.45, 2.75) is 6.61 Å². The maximum Gasteiger partial charge on any atom is 0.125 e. The summed E-state index contributed by atoms with van der Waals surface area (Å²) in [6.45, 7) is 0.411. The van der Waals surface area contributed by atoms with E-state index in [9.17, 15) is 0 Å². The van der Waals surface area contributed by atoms with Crippen molar-refractivity contribution in [2.24, 2.45) is 0 Å². The molecule has 0 aromatic heterocycles. The molecule has 0 unspecified atom stereocenters. The topological polar surface area (TPSA) is 42.2 Å². The fourth-order valence-corrected chi connectivity index (χ4v) is 2.06. The molecule has 19 heavy (non-hydrogen) atoms. The summed E-state index contributed by atoms with van der Waals surface area (Å²) in [6, 6.07) is 14.9. The van der Waals surface area contributed by atoms with Crippen LogP contribution in [0.25, 0.3) is 0 Å². The van der Waals surface area contributed by atoms with E-state index in [4.69, 9.17) is 14.7 Å². The summed E-state index contributed by atoms with van der Waals surface area (Å²) in [5.74, 6) is 1.51. The van der Waals surface area contributed by atoms with Crippen LogP contribution in [0.5, 0.6) is 11.5 Å². The van der Waals surface area contributed by atoms with Crippen LogP contribution in [-0.4, -0.2) is 7.11 Å². The number of nitriles is 1. The highest BCUT2D eigenvalue weighted by Gasteiger charge is 2.05. The van der Waals surface area contributed by atoms with Crippen LogP contribution in [0.4, 0.5) is 0 Å². The first-order chi connectivity index (χ1) is 9.22. The number of hydrogen-bond acceptors (Lipinski definition) is 3. The lowest BCUT2D eigenvalue weighted by Gasteiger charge is -2.10. The van der Waals surface area contributed by atoms with E-state index in [-0.39, 0.29) is 0 Å². The van der Waals surface area contributed by atoms with Gasteiger partial charge >= 0.3 is 0 Å². The Kier molecular flexibility index (Phi) is 4.43. The van der Waals surface area contributed by atoms with Crippen LogP contribution < -0.4 is 9.47 Å². The first-order valence-electron chi connectivity index (χ1n) is 5.68. The smallest absolute Gasteiger partial charge is 0.125 e. The van der Waals surface area contributed by atoms with Gasteiger partial charge in [0.15, 0.2) is 0 Å². The predicted molar refractivity (Wildman–Crippen MR) is 76.2 cm³/mol. The van der Waals surface area contributed by atoms with Crippen LogP contribution in [0.15, 0.2) is 46.9 Å². The monoisotopic (exact) mass is 317 g/mol. The molecule has 0 saturated heterocycles. The summed E-state index contributed by atoms with van der Waals surface area (Å²) in [4.78, 5) is 0. The SMILES string of the molecule is COc1ccc(Br)cc1COc1ccc(C#N)cc1. The summed E-state index contributed by atoms with van der Waals surface area (Å²) in [7, 11) is 1.63. The number of halogens is 1. The molecule has 96 valence electrons. The normalized spacial score (nSPS) is 9.74. The van der Waals surface area contributed by atoms with Gasteiger partial charge in [-0.1, -0.05) is 15.9 Å². The van der Waals surface area contributed by atoms with Crippen LogP contribution in [0.1, 0.15) is 11.1 Å². The largest absolute Gasteiger partial charge is 0.496 e. The van der Waals surface area contributed by atoms with Crippen LogP contribution in [0.2, 0.25) is 0 Å². The Morgan fingerprint density at radius 1 is 1.16 bits per heavy atom. The van der Waals surface area contributed by atoms with Gasteiger partial charge in [0.2, 0.25) is 0 Å². The molecule has 0 saturated carbocycles. The van der Waals surface area contributed by atoms with E-state index < -0.39 is 0 Å². The van der Waals surface area contributed by atoms with E-state index in [1.807, 2.05) is 18.2 Å². The van der Waals surface area contributed by atoms with E-state index >= 15 is 0 Å². The molecule has 0 aliphatic rings. The molecular formula is C15H12BrNO2. The maximum absolute atomic E-state index is 8.72. The van der Waals surface area contributed by atoms with Crippen LogP contribution in [0, 0.1) is 11.3 Å². The van der Waals surface area contributed by atoms with Gasteiger partial charge in [0.25, 0.3) is 0 Å². The molecule has 0 radical (unpaired) electrons. The highest BCUT2D eigenvalue weighted by molar-refractivity contribution is 9.10. The van der Waals surface area contributed by atoms with E-state index in [0.29, 0.717) is 12.2 Å². The van der Waals surface area contributed by atoms with Crippen molar-refractivity contribution >= 4 is 15.9 Å². The van der Waals surface area contributed by atoms with Gasteiger partial charge in [0.1, 0.15) is 18.1 Å². The molecule has 3 nitrogen and oxygen atoms in total. The molecule has 2 rings (SSSR count). The first-order valence-corrected chi connectivity index (χ1v) is 6.47. The standard InChI is InChI=1S/C15H12BrNO2/c1-18-15-7-4-13(16)8-12(15)10-19-14-5-2-11(9-17)3-6-14/h2-8H,10H2,1H3. The summed E-state index contributed by atoms with van der Waals surface area (Å²) in [5.41, 5.74) is 1.58. The third-order valence-electron chi connectivity index (χ3n) is 2.62. The van der Waals surface area contributed by atoms with E-state index in [2.05, 4.69) is 22.0 Å². The average Bonchev–Trinajstić information content (AvgIpc) is 2.46. The summed E-state index contributed by atoms with van der Waals surface area (Å²) < 4.78 is 11.9. The summed E-state index contributed by atoms with van der Waals surface area (Å²) in [5, 5.41) is 8.72. The predicted octanol–water partition coefficient (Wildman–Crippen LogP) is 3.91. The lowest BCUT2D eigenvalue weighted by molar-refractivity contribution is 0.296. The second-order valence-electron chi connectivity index (χ2n) is 3.88. The van der Waals surface area contributed by atoms with Gasteiger partial charge in [-0.05, 0) is 42.5 Å². The molecule has 0 bridgehead atoms. The van der Waals surface area contributed by atoms with Gasteiger partial charge in [0, 0.05) is 10.0 Å². The zero-order valence-electron chi connectivity index (χ0n) is 10.4. The van der Waals surface area contributed by atoms with Crippen molar-refractivity contribution in [1.29, 1.82) is 5.26 Å². The number of rotatable bonds is 4. The number of benzene rings is 2. The molecular weight excluding hydrogens is 306 g/mol. The molecule has 0 aliphatic carbocycles. The fourth-order valence-electron chi connectivity index (χ4n) is 1.65. The lowest BCUT2D eigenvalue weighted by atomic mass is 10.2.